The number of nitrogens with two attached hydrogens (primary N) is 2. The highest BCUT2D eigenvalue weighted by Crippen LogP contribution is 2.38. The zero-order chi connectivity index (χ0) is 18.1. The lowest BCUT2D eigenvalue weighted by Gasteiger charge is -2.10. The molecule has 2 aromatic carbocycles. The van der Waals surface area contributed by atoms with Gasteiger partial charge in [0.25, 0.3) is 5.91 Å². The highest BCUT2D eigenvalue weighted by atomic mass is 32.1. The molecule has 0 unspecified atom stereocenters. The summed E-state index contributed by atoms with van der Waals surface area (Å²) in [5.41, 5.74) is 9.16. The van der Waals surface area contributed by atoms with E-state index in [9.17, 15) is 4.79 Å². The van der Waals surface area contributed by atoms with Gasteiger partial charge in [-0.15, -0.1) is 22.7 Å². The van der Waals surface area contributed by atoms with Crippen LogP contribution in [0.2, 0.25) is 0 Å². The number of thiophene rings is 2. The molecule has 0 bridgehead atoms. The largest absolute Gasteiger partial charge is 0.398 e. The van der Waals surface area contributed by atoms with E-state index in [1.807, 2.05) is 29.6 Å². The maximum absolute atomic E-state index is 12.4. The first-order valence-electron chi connectivity index (χ1n) is 7.98. The molecule has 1 amide bonds. The van der Waals surface area contributed by atoms with Gasteiger partial charge >= 0.3 is 0 Å². The van der Waals surface area contributed by atoms with E-state index in [0.717, 1.165) is 10.4 Å². The molecule has 0 aliphatic heterocycles. The Bertz CT molecular complexity index is 1080. The molecule has 0 aliphatic carbocycles. The Morgan fingerprint density at radius 3 is 2.69 bits per heavy atom. The molecule has 0 saturated heterocycles. The first kappa shape index (κ1) is 16.5. The third-order valence-corrected chi connectivity index (χ3v) is 6.10. The Morgan fingerprint density at radius 1 is 1.12 bits per heavy atom. The lowest BCUT2D eigenvalue weighted by molar-refractivity contribution is -0.104. The molecule has 6 heteroatoms. The molecule has 2 aromatic heterocycles. The Hall–Kier alpha value is -2.96. The average molecular weight is 379 g/mol. The number of rotatable bonds is 4. The van der Waals surface area contributed by atoms with Crippen LogP contribution in [-0.4, -0.2) is 12.1 Å². The number of hydrogen-bond donors (Lipinski definition) is 3. The third-order valence-electron chi connectivity index (χ3n) is 4.09. The molecule has 128 valence electrons. The van der Waals surface area contributed by atoms with Gasteiger partial charge in [0.15, 0.2) is 6.21 Å². The van der Waals surface area contributed by atoms with Crippen LogP contribution in [0.25, 0.3) is 20.5 Å². The van der Waals surface area contributed by atoms with Crippen molar-refractivity contribution in [2.75, 3.05) is 11.1 Å². The van der Waals surface area contributed by atoms with Gasteiger partial charge in [-0.25, -0.2) is 0 Å². The Kier molecular flexibility index (Phi) is 4.28. The fourth-order valence-electron chi connectivity index (χ4n) is 2.80. The number of nitrogens with one attached hydrogen (secondary N) is 1. The van der Waals surface area contributed by atoms with Crippen LogP contribution in [0.4, 0.5) is 11.4 Å². The molecule has 2 heterocycles. The van der Waals surface area contributed by atoms with Crippen molar-refractivity contribution >= 4 is 56.3 Å². The molecule has 4 nitrogen and oxygen atoms in total. The van der Waals surface area contributed by atoms with E-state index in [0.29, 0.717) is 21.8 Å². The summed E-state index contributed by atoms with van der Waals surface area (Å²) in [6.07, 6.45) is 1.47. The molecule has 0 atom stereocenters. The van der Waals surface area contributed by atoms with Crippen molar-refractivity contribution in [2.24, 2.45) is 0 Å². The zero-order valence-electron chi connectivity index (χ0n) is 13.7. The second-order valence-electron chi connectivity index (χ2n) is 5.77. The molecule has 0 aliphatic rings. The summed E-state index contributed by atoms with van der Waals surface area (Å²) in [7, 11) is 0. The first-order chi connectivity index (χ1) is 12.7. The number of carbonyl (C=O) groups excluding carboxylic acids is 1. The van der Waals surface area contributed by atoms with Crippen molar-refractivity contribution in [1.82, 2.24) is 0 Å². The van der Waals surface area contributed by atoms with Gasteiger partial charge in [0.2, 0.25) is 0 Å². The normalized spacial score (nSPS) is 10.8. The molecule has 4 rings (SSSR count). The SMILES string of the molecule is Nc1c(C=[NH2+])cc(NC(=O)c2cccs2)cc1-c1cc2ccccc2s1. The fraction of sp³-hybridized carbons (Fsp3) is 0. The predicted octanol–water partition coefficient (Wildman–Crippen LogP) is 3.64. The Labute approximate surface area is 158 Å². The molecule has 26 heavy (non-hydrogen) atoms. The van der Waals surface area contributed by atoms with Crippen LogP contribution < -0.4 is 16.5 Å². The molecule has 0 radical (unpaired) electrons. The lowest BCUT2D eigenvalue weighted by Crippen LogP contribution is -2.30. The van der Waals surface area contributed by atoms with Gasteiger partial charge < -0.3 is 11.1 Å². The summed E-state index contributed by atoms with van der Waals surface area (Å²) in [4.78, 5) is 14.1. The maximum atomic E-state index is 12.4. The smallest absolute Gasteiger partial charge is 0.265 e. The highest BCUT2D eigenvalue weighted by molar-refractivity contribution is 7.22. The van der Waals surface area contributed by atoms with Gasteiger partial charge in [-0.05, 0) is 41.1 Å². The summed E-state index contributed by atoms with van der Waals surface area (Å²) in [6.45, 7) is 0. The van der Waals surface area contributed by atoms with Crippen molar-refractivity contribution < 1.29 is 10.2 Å². The third kappa shape index (κ3) is 3.00. The van der Waals surface area contributed by atoms with Crippen molar-refractivity contribution in [1.29, 1.82) is 0 Å². The lowest BCUT2D eigenvalue weighted by atomic mass is 10.0. The average Bonchev–Trinajstić information content (AvgIpc) is 3.32. The molecule has 0 spiro atoms. The summed E-state index contributed by atoms with van der Waals surface area (Å²) < 4.78 is 1.19. The first-order valence-corrected chi connectivity index (χ1v) is 9.67. The highest BCUT2D eigenvalue weighted by Gasteiger charge is 2.15. The standard InChI is InChI=1S/C20H15N3OS2/c21-11-13-8-14(23-20(24)17-6-3-7-25-17)10-15(19(13)22)18-9-12-4-1-2-5-16(12)26-18/h1-11,21H,22H2,(H,23,24)/p+1. The Balaban J connectivity index is 1.78. The van der Waals surface area contributed by atoms with E-state index >= 15 is 0 Å². The van der Waals surface area contributed by atoms with Crippen LogP contribution in [0.1, 0.15) is 15.2 Å². The quantitative estimate of drug-likeness (QED) is 0.374. The van der Waals surface area contributed by atoms with Gasteiger partial charge in [-0.2, -0.15) is 0 Å². The number of carbonyl (C=O) groups is 1. The van der Waals surface area contributed by atoms with E-state index in [-0.39, 0.29) is 5.91 Å². The van der Waals surface area contributed by atoms with E-state index in [4.69, 9.17) is 11.1 Å². The second-order valence-corrected chi connectivity index (χ2v) is 7.80. The van der Waals surface area contributed by atoms with Gasteiger partial charge in [0.05, 0.1) is 16.1 Å². The van der Waals surface area contributed by atoms with Crippen molar-refractivity contribution in [3.05, 3.63) is 70.4 Å². The topological polar surface area (TPSA) is 80.7 Å². The van der Waals surface area contributed by atoms with Gasteiger partial charge in [0.1, 0.15) is 0 Å². The number of fused-ring (bicyclic) bond motifs is 1. The fourth-order valence-corrected chi connectivity index (χ4v) is 4.52. The molecule has 0 saturated carbocycles. The monoisotopic (exact) mass is 378 g/mol. The minimum absolute atomic E-state index is 0.143. The van der Waals surface area contributed by atoms with E-state index < -0.39 is 0 Å². The summed E-state index contributed by atoms with van der Waals surface area (Å²) >= 11 is 3.06. The second kappa shape index (κ2) is 6.74. The molecule has 4 aromatic rings. The summed E-state index contributed by atoms with van der Waals surface area (Å²) in [6, 6.07) is 17.6. The number of benzene rings is 2. The molecular weight excluding hydrogens is 362 g/mol. The number of amides is 1. The van der Waals surface area contributed by atoms with E-state index in [2.05, 4.69) is 23.5 Å². The van der Waals surface area contributed by atoms with E-state index in [1.54, 1.807) is 23.5 Å². The summed E-state index contributed by atoms with van der Waals surface area (Å²) in [5, 5.41) is 11.7. The molecule has 5 N–H and O–H groups in total. The van der Waals surface area contributed by atoms with Crippen molar-refractivity contribution in [2.45, 2.75) is 0 Å². The van der Waals surface area contributed by atoms with Crippen LogP contribution in [-0.2, 0) is 0 Å². The predicted molar refractivity (Wildman–Crippen MR) is 111 cm³/mol. The van der Waals surface area contributed by atoms with Crippen LogP contribution in [0.5, 0.6) is 0 Å². The van der Waals surface area contributed by atoms with Crippen molar-refractivity contribution in [3.8, 4) is 10.4 Å². The zero-order valence-corrected chi connectivity index (χ0v) is 15.4. The van der Waals surface area contributed by atoms with Crippen LogP contribution in [0.3, 0.4) is 0 Å². The van der Waals surface area contributed by atoms with Crippen LogP contribution >= 0.6 is 22.7 Å². The van der Waals surface area contributed by atoms with Gasteiger partial charge in [-0.3, -0.25) is 10.2 Å². The van der Waals surface area contributed by atoms with Crippen molar-refractivity contribution in [3.63, 3.8) is 0 Å². The van der Waals surface area contributed by atoms with Crippen LogP contribution in [0, 0.1) is 0 Å². The summed E-state index contributed by atoms with van der Waals surface area (Å²) in [5.74, 6) is -0.143. The van der Waals surface area contributed by atoms with Gasteiger partial charge in [0, 0.05) is 20.8 Å². The maximum Gasteiger partial charge on any atom is 0.265 e. The van der Waals surface area contributed by atoms with Crippen LogP contribution in [0.15, 0.2) is 60.0 Å². The van der Waals surface area contributed by atoms with Gasteiger partial charge in [-0.1, -0.05) is 24.3 Å². The number of nitrogen functional groups attached to an aromatic ring is 1. The minimum Gasteiger partial charge on any atom is -0.398 e. The van der Waals surface area contributed by atoms with E-state index in [1.165, 1.54) is 27.6 Å². The number of hydrogen-bond acceptors (Lipinski definition) is 4. The molecule has 0 fully saturated rings. The Morgan fingerprint density at radius 2 is 1.96 bits per heavy atom. The minimum atomic E-state index is -0.143. The molecular formula is C20H16N3OS2+. The number of anilines is 2.